The molecular weight excluding hydrogens is 118 g/mol. The van der Waals surface area contributed by atoms with Crippen LogP contribution in [0.4, 0.5) is 0 Å². The first kappa shape index (κ1) is 11.6. The van der Waals surface area contributed by atoms with Crippen LogP contribution in [0.15, 0.2) is 0 Å². The summed E-state index contributed by atoms with van der Waals surface area (Å²) in [4.78, 5) is 10.4. The van der Waals surface area contributed by atoms with Crippen LogP contribution in [-0.4, -0.2) is 12.3 Å². The fourth-order valence-electron chi connectivity index (χ4n) is 0.224. The van der Waals surface area contributed by atoms with E-state index in [1.54, 1.807) is 13.8 Å². The van der Waals surface area contributed by atoms with Crippen molar-refractivity contribution in [3.63, 3.8) is 0 Å². The van der Waals surface area contributed by atoms with Gasteiger partial charge in [-0.15, -0.1) is 0 Å². The predicted molar refractivity (Wildman–Crippen MR) is 28.7 cm³/mol. The Kier molecular flexibility index (Phi) is 6.72. The van der Waals surface area contributed by atoms with Crippen molar-refractivity contribution in [3.05, 3.63) is 0 Å². The molecule has 0 unspecified atom stereocenters. The number of hydrogen-bond donors (Lipinski definition) is 0. The van der Waals surface area contributed by atoms with E-state index in [9.17, 15) is 9.46 Å². The minimum atomic E-state index is -2.90. The quantitative estimate of drug-likeness (QED) is 0.309. The first-order chi connectivity index (χ1) is 3.12. The van der Waals surface area contributed by atoms with Gasteiger partial charge < -0.3 is 9.46 Å². The molecule has 2 nitrogen and oxygen atoms in total. The SMILES string of the molecule is CCP(=O)([O-])CC.[Li+]. The Balaban J connectivity index is 0. The number of hydrogen-bond acceptors (Lipinski definition) is 2. The van der Waals surface area contributed by atoms with Gasteiger partial charge in [0.15, 0.2) is 0 Å². The van der Waals surface area contributed by atoms with E-state index in [4.69, 9.17) is 0 Å². The van der Waals surface area contributed by atoms with E-state index in [1.165, 1.54) is 0 Å². The van der Waals surface area contributed by atoms with E-state index >= 15 is 0 Å². The Morgan fingerprint density at radius 3 is 1.62 bits per heavy atom. The Morgan fingerprint density at radius 2 is 1.62 bits per heavy atom. The average molecular weight is 128 g/mol. The first-order valence-electron chi connectivity index (χ1n) is 2.41. The third-order valence-electron chi connectivity index (χ3n) is 0.964. The van der Waals surface area contributed by atoms with E-state index in [0.29, 0.717) is 12.3 Å². The fourth-order valence-corrected chi connectivity index (χ4v) is 0.671. The summed E-state index contributed by atoms with van der Waals surface area (Å²) in [5.74, 6) is 0. The normalized spacial score (nSPS) is 10.4. The molecule has 0 radical (unpaired) electrons. The van der Waals surface area contributed by atoms with Gasteiger partial charge in [0, 0.05) is 7.37 Å². The molecule has 0 atom stereocenters. The molecule has 0 aliphatic heterocycles. The van der Waals surface area contributed by atoms with Crippen LogP contribution in [0.2, 0.25) is 0 Å². The van der Waals surface area contributed by atoms with Crippen molar-refractivity contribution < 1.29 is 28.3 Å². The zero-order valence-electron chi connectivity index (χ0n) is 5.68. The summed E-state index contributed by atoms with van der Waals surface area (Å²) in [5.41, 5.74) is 0. The minimum Gasteiger partial charge on any atom is -0.799 e. The molecule has 4 heteroatoms. The van der Waals surface area contributed by atoms with Crippen LogP contribution in [0.3, 0.4) is 0 Å². The smallest absolute Gasteiger partial charge is 0.799 e. The molecule has 0 aliphatic carbocycles. The molecule has 0 spiro atoms. The maximum atomic E-state index is 10.4. The van der Waals surface area contributed by atoms with Crippen molar-refractivity contribution in [2.45, 2.75) is 13.8 Å². The predicted octanol–water partition coefficient (Wildman–Crippen LogP) is -2.33. The van der Waals surface area contributed by atoms with E-state index in [-0.39, 0.29) is 18.9 Å². The molecule has 0 saturated heterocycles. The van der Waals surface area contributed by atoms with Gasteiger partial charge in [-0.1, -0.05) is 13.8 Å². The first-order valence-corrected chi connectivity index (χ1v) is 4.41. The molecule has 0 heterocycles. The second-order valence-corrected chi connectivity index (χ2v) is 4.34. The summed E-state index contributed by atoms with van der Waals surface area (Å²) >= 11 is 0. The summed E-state index contributed by atoms with van der Waals surface area (Å²) in [6.07, 6.45) is 0.590. The van der Waals surface area contributed by atoms with Gasteiger partial charge in [0.05, 0.1) is 0 Å². The van der Waals surface area contributed by atoms with E-state index in [1.807, 2.05) is 0 Å². The van der Waals surface area contributed by atoms with Gasteiger partial charge in [-0.25, -0.2) is 0 Å². The summed E-state index contributed by atoms with van der Waals surface area (Å²) in [6.45, 7) is 3.33. The van der Waals surface area contributed by atoms with Crippen molar-refractivity contribution in [2.24, 2.45) is 0 Å². The summed E-state index contributed by atoms with van der Waals surface area (Å²) in [7, 11) is -2.90. The molecule has 0 aliphatic rings. The Morgan fingerprint density at radius 1 is 1.38 bits per heavy atom. The third-order valence-corrected chi connectivity index (χ3v) is 2.89. The van der Waals surface area contributed by atoms with E-state index in [2.05, 4.69) is 0 Å². The summed E-state index contributed by atoms with van der Waals surface area (Å²) < 4.78 is 10.4. The largest absolute Gasteiger partial charge is 1.00 e. The van der Waals surface area contributed by atoms with Crippen LogP contribution in [0.5, 0.6) is 0 Å². The molecule has 0 aromatic heterocycles. The van der Waals surface area contributed by atoms with Crippen LogP contribution in [0.25, 0.3) is 0 Å². The van der Waals surface area contributed by atoms with Crippen LogP contribution in [-0.2, 0) is 4.57 Å². The van der Waals surface area contributed by atoms with E-state index in [0.717, 1.165) is 0 Å². The molecule has 8 heavy (non-hydrogen) atoms. The fraction of sp³-hybridized carbons (Fsp3) is 1.00. The maximum absolute atomic E-state index is 10.4. The van der Waals surface area contributed by atoms with Crippen LogP contribution in [0.1, 0.15) is 13.8 Å². The van der Waals surface area contributed by atoms with Gasteiger partial charge >= 0.3 is 18.9 Å². The van der Waals surface area contributed by atoms with Gasteiger partial charge in [-0.2, -0.15) is 0 Å². The minimum absolute atomic E-state index is 0. The summed E-state index contributed by atoms with van der Waals surface area (Å²) in [5, 5.41) is 0. The van der Waals surface area contributed by atoms with Crippen LogP contribution in [0, 0.1) is 0 Å². The van der Waals surface area contributed by atoms with Crippen molar-refractivity contribution in [3.8, 4) is 0 Å². The van der Waals surface area contributed by atoms with Crippen LogP contribution < -0.4 is 23.8 Å². The Hall–Kier alpha value is 0.787. The monoisotopic (exact) mass is 128 g/mol. The van der Waals surface area contributed by atoms with E-state index < -0.39 is 7.37 Å². The zero-order valence-corrected chi connectivity index (χ0v) is 6.57. The average Bonchev–Trinajstić information content (AvgIpc) is 1.68. The Labute approximate surface area is 62.3 Å². The molecule has 0 saturated carbocycles. The Bertz CT molecular complexity index is 86.0. The van der Waals surface area contributed by atoms with Crippen molar-refractivity contribution >= 4 is 7.37 Å². The molecular formula is C4H10LiO2P. The second-order valence-electron chi connectivity index (χ2n) is 1.45. The van der Waals surface area contributed by atoms with Crippen molar-refractivity contribution in [1.82, 2.24) is 0 Å². The maximum Gasteiger partial charge on any atom is 1.00 e. The third kappa shape index (κ3) is 4.93. The number of rotatable bonds is 2. The van der Waals surface area contributed by atoms with Crippen molar-refractivity contribution in [1.29, 1.82) is 0 Å². The second kappa shape index (κ2) is 4.65. The van der Waals surface area contributed by atoms with Crippen LogP contribution >= 0.6 is 7.37 Å². The van der Waals surface area contributed by atoms with Gasteiger partial charge in [-0.05, 0) is 12.3 Å². The molecule has 0 bridgehead atoms. The van der Waals surface area contributed by atoms with Crippen molar-refractivity contribution in [2.75, 3.05) is 12.3 Å². The zero-order chi connectivity index (χ0) is 5.91. The molecule has 0 aromatic rings. The van der Waals surface area contributed by atoms with Gasteiger partial charge in [-0.3, -0.25) is 0 Å². The van der Waals surface area contributed by atoms with Gasteiger partial charge in [0.1, 0.15) is 0 Å². The molecule has 0 rings (SSSR count). The molecule has 44 valence electrons. The molecule has 0 fully saturated rings. The van der Waals surface area contributed by atoms with Gasteiger partial charge in [0.25, 0.3) is 0 Å². The van der Waals surface area contributed by atoms with Gasteiger partial charge in [0.2, 0.25) is 0 Å². The molecule has 0 aromatic carbocycles. The standard InChI is InChI=1S/C4H11O2P.Li/c1-3-7(5,6)4-2;/h3-4H2,1-2H3,(H,5,6);/q;+1/p-1. The summed E-state index contributed by atoms with van der Waals surface area (Å²) in [6, 6.07) is 0. The molecule has 0 amide bonds. The molecule has 0 N–H and O–H groups in total. The topological polar surface area (TPSA) is 40.1 Å².